The van der Waals surface area contributed by atoms with E-state index in [2.05, 4.69) is 10.4 Å². The fraction of sp³-hybridized carbons (Fsp3) is 0.667. The van der Waals surface area contributed by atoms with Gasteiger partial charge in [0.1, 0.15) is 5.02 Å². The quantitative estimate of drug-likeness (QED) is 0.864. The fourth-order valence-electron chi connectivity index (χ4n) is 1.60. The van der Waals surface area contributed by atoms with Crippen molar-refractivity contribution in [2.45, 2.75) is 39.3 Å². The topological polar surface area (TPSA) is 56.1 Å². The Morgan fingerprint density at radius 1 is 1.56 bits per heavy atom. The van der Waals surface area contributed by atoms with Gasteiger partial charge in [-0.15, -0.1) is 0 Å². The molecule has 1 aromatic heterocycles. The van der Waals surface area contributed by atoms with Gasteiger partial charge in [-0.05, 0) is 20.3 Å². The summed E-state index contributed by atoms with van der Waals surface area (Å²) in [6.07, 6.45) is 2.46. The molecule has 0 aliphatic carbocycles. The maximum absolute atomic E-state index is 12.0. The number of aromatic nitrogens is 2. The third kappa shape index (κ3) is 3.46. The fourth-order valence-corrected chi connectivity index (χ4v) is 1.79. The van der Waals surface area contributed by atoms with E-state index in [9.17, 15) is 4.79 Å². The molecule has 0 aliphatic rings. The minimum Gasteiger partial charge on any atom is -0.383 e. The second-order valence-corrected chi connectivity index (χ2v) is 4.80. The molecule has 0 fully saturated rings. The lowest BCUT2D eigenvalue weighted by atomic mass is 10.2. The van der Waals surface area contributed by atoms with Gasteiger partial charge in [-0.3, -0.25) is 4.79 Å². The molecule has 1 N–H and O–H groups in total. The van der Waals surface area contributed by atoms with Crippen molar-refractivity contribution in [1.82, 2.24) is 9.78 Å². The smallest absolute Gasteiger partial charge is 0.287 e. The monoisotopic (exact) mass is 273 g/mol. The molecule has 1 heterocycles. The van der Waals surface area contributed by atoms with Crippen LogP contribution in [0.3, 0.4) is 0 Å². The SMILES string of the molecule is CCC(COC)Nc1cnn(C(C)C)c(=O)c1Cl. The minimum absolute atomic E-state index is 0.00926. The molecule has 0 saturated heterocycles. The molecule has 18 heavy (non-hydrogen) atoms. The Morgan fingerprint density at radius 2 is 2.22 bits per heavy atom. The third-order valence-corrected chi connectivity index (χ3v) is 3.02. The summed E-state index contributed by atoms with van der Waals surface area (Å²) in [5, 5.41) is 7.45. The van der Waals surface area contributed by atoms with Crippen LogP contribution in [-0.4, -0.2) is 29.5 Å². The highest BCUT2D eigenvalue weighted by molar-refractivity contribution is 6.32. The molecule has 1 rings (SSSR count). The van der Waals surface area contributed by atoms with Crippen molar-refractivity contribution in [2.75, 3.05) is 19.0 Å². The van der Waals surface area contributed by atoms with Crippen molar-refractivity contribution < 1.29 is 4.74 Å². The molecule has 0 aliphatic heterocycles. The standard InChI is InChI=1S/C12H20ClN3O2/c1-5-9(7-18-4)15-10-6-14-16(8(2)3)12(17)11(10)13/h6,8-9,15H,5,7H2,1-4H3. The van der Waals surface area contributed by atoms with E-state index < -0.39 is 0 Å². The predicted octanol–water partition coefficient (Wildman–Crippen LogP) is 2.31. The Labute approximate surface area is 112 Å². The Kier molecular flexibility index (Phi) is 5.62. The van der Waals surface area contributed by atoms with Crippen molar-refractivity contribution in [1.29, 1.82) is 0 Å². The largest absolute Gasteiger partial charge is 0.383 e. The van der Waals surface area contributed by atoms with Crippen LogP contribution in [0.25, 0.3) is 0 Å². The number of anilines is 1. The molecular weight excluding hydrogens is 254 g/mol. The molecule has 1 unspecified atom stereocenters. The van der Waals surface area contributed by atoms with Gasteiger partial charge in [-0.25, -0.2) is 4.68 Å². The van der Waals surface area contributed by atoms with Crippen molar-refractivity contribution in [3.8, 4) is 0 Å². The molecule has 0 amide bonds. The number of hydrogen-bond donors (Lipinski definition) is 1. The minimum atomic E-state index is -0.274. The second-order valence-electron chi connectivity index (χ2n) is 4.42. The van der Waals surface area contributed by atoms with Gasteiger partial charge in [0.15, 0.2) is 0 Å². The van der Waals surface area contributed by atoms with E-state index in [1.807, 2.05) is 20.8 Å². The van der Waals surface area contributed by atoms with E-state index >= 15 is 0 Å². The van der Waals surface area contributed by atoms with Crippen LogP contribution in [-0.2, 0) is 4.74 Å². The van der Waals surface area contributed by atoms with Crippen LogP contribution in [0.2, 0.25) is 5.02 Å². The van der Waals surface area contributed by atoms with Crippen LogP contribution in [0.4, 0.5) is 5.69 Å². The van der Waals surface area contributed by atoms with Crippen LogP contribution in [0.5, 0.6) is 0 Å². The second kappa shape index (κ2) is 6.75. The summed E-state index contributed by atoms with van der Waals surface area (Å²) >= 11 is 6.07. The Hall–Kier alpha value is -1.07. The first-order valence-electron chi connectivity index (χ1n) is 6.04. The van der Waals surface area contributed by atoms with E-state index in [-0.39, 0.29) is 22.7 Å². The highest BCUT2D eigenvalue weighted by atomic mass is 35.5. The Balaban J connectivity index is 2.98. The third-order valence-electron chi connectivity index (χ3n) is 2.65. The molecule has 0 radical (unpaired) electrons. The number of ether oxygens (including phenoxy) is 1. The maximum atomic E-state index is 12.0. The number of hydrogen-bond acceptors (Lipinski definition) is 4. The normalized spacial score (nSPS) is 12.8. The highest BCUT2D eigenvalue weighted by Crippen LogP contribution is 2.18. The van der Waals surface area contributed by atoms with Crippen LogP contribution in [0, 0.1) is 0 Å². The summed E-state index contributed by atoms with van der Waals surface area (Å²) in [4.78, 5) is 12.0. The summed E-state index contributed by atoms with van der Waals surface area (Å²) in [7, 11) is 1.64. The first-order chi connectivity index (χ1) is 8.51. The van der Waals surface area contributed by atoms with Crippen LogP contribution < -0.4 is 10.9 Å². The summed E-state index contributed by atoms with van der Waals surface area (Å²) in [5.41, 5.74) is 0.284. The summed E-state index contributed by atoms with van der Waals surface area (Å²) < 4.78 is 6.46. The van der Waals surface area contributed by atoms with Crippen molar-refractivity contribution in [2.24, 2.45) is 0 Å². The average Bonchev–Trinajstić information content (AvgIpc) is 2.33. The van der Waals surface area contributed by atoms with E-state index in [1.54, 1.807) is 13.3 Å². The van der Waals surface area contributed by atoms with Crippen LogP contribution in [0.1, 0.15) is 33.2 Å². The van der Waals surface area contributed by atoms with Crippen molar-refractivity contribution in [3.63, 3.8) is 0 Å². The van der Waals surface area contributed by atoms with E-state index in [0.717, 1.165) is 6.42 Å². The summed E-state index contributed by atoms with van der Waals surface area (Å²) in [6.45, 7) is 6.36. The lowest BCUT2D eigenvalue weighted by molar-refractivity contribution is 0.184. The number of rotatable bonds is 6. The van der Waals surface area contributed by atoms with Crippen LogP contribution in [0.15, 0.2) is 11.0 Å². The van der Waals surface area contributed by atoms with E-state index in [0.29, 0.717) is 12.3 Å². The average molecular weight is 274 g/mol. The Bertz CT molecular complexity index is 445. The van der Waals surface area contributed by atoms with Gasteiger partial charge in [-0.1, -0.05) is 18.5 Å². The molecule has 0 saturated carbocycles. The first-order valence-corrected chi connectivity index (χ1v) is 6.41. The zero-order valence-electron chi connectivity index (χ0n) is 11.2. The van der Waals surface area contributed by atoms with Gasteiger partial charge in [0.2, 0.25) is 0 Å². The molecular formula is C12H20ClN3O2. The predicted molar refractivity (Wildman–Crippen MR) is 73.5 cm³/mol. The van der Waals surface area contributed by atoms with Crippen LogP contribution >= 0.6 is 11.6 Å². The van der Waals surface area contributed by atoms with Crippen molar-refractivity contribution >= 4 is 17.3 Å². The van der Waals surface area contributed by atoms with Gasteiger partial charge < -0.3 is 10.1 Å². The molecule has 0 aromatic carbocycles. The molecule has 0 bridgehead atoms. The highest BCUT2D eigenvalue weighted by Gasteiger charge is 2.14. The molecule has 102 valence electrons. The number of nitrogens with zero attached hydrogens (tertiary/aromatic N) is 2. The molecule has 6 heteroatoms. The summed E-state index contributed by atoms with van der Waals surface area (Å²) in [6, 6.07) is 0.105. The first kappa shape index (κ1) is 15.0. The number of nitrogens with one attached hydrogen (secondary N) is 1. The Morgan fingerprint density at radius 3 is 2.72 bits per heavy atom. The molecule has 1 aromatic rings. The zero-order valence-corrected chi connectivity index (χ0v) is 12.0. The van der Waals surface area contributed by atoms with Gasteiger partial charge in [0, 0.05) is 13.2 Å². The lowest BCUT2D eigenvalue weighted by Crippen LogP contribution is -2.29. The molecule has 5 nitrogen and oxygen atoms in total. The van der Waals surface area contributed by atoms with E-state index in [1.165, 1.54) is 4.68 Å². The van der Waals surface area contributed by atoms with Gasteiger partial charge in [-0.2, -0.15) is 5.10 Å². The van der Waals surface area contributed by atoms with Gasteiger partial charge in [0.25, 0.3) is 5.56 Å². The van der Waals surface area contributed by atoms with Crippen molar-refractivity contribution in [3.05, 3.63) is 21.6 Å². The van der Waals surface area contributed by atoms with Gasteiger partial charge >= 0.3 is 0 Å². The van der Waals surface area contributed by atoms with Gasteiger partial charge in [0.05, 0.1) is 24.5 Å². The number of halogens is 1. The molecule has 0 spiro atoms. The summed E-state index contributed by atoms with van der Waals surface area (Å²) in [5.74, 6) is 0. The maximum Gasteiger partial charge on any atom is 0.287 e. The lowest BCUT2D eigenvalue weighted by Gasteiger charge is -2.18. The molecule has 1 atom stereocenters. The van der Waals surface area contributed by atoms with E-state index in [4.69, 9.17) is 16.3 Å². The number of methoxy groups -OCH3 is 1. The zero-order chi connectivity index (χ0) is 13.7.